The summed E-state index contributed by atoms with van der Waals surface area (Å²) in [5, 5.41) is 3.57. The normalized spacial score (nSPS) is 12.3. The van der Waals surface area contributed by atoms with Crippen molar-refractivity contribution >= 4 is 15.9 Å². The van der Waals surface area contributed by atoms with Crippen molar-refractivity contribution in [2.24, 2.45) is 0 Å². The number of pyridine rings is 2. The lowest BCUT2D eigenvalue weighted by Crippen LogP contribution is -2.25. The van der Waals surface area contributed by atoms with Crippen LogP contribution in [0.1, 0.15) is 43.3 Å². The van der Waals surface area contributed by atoms with E-state index in [4.69, 9.17) is 0 Å². The highest BCUT2D eigenvalue weighted by atomic mass is 79.9. The molecule has 0 aliphatic carbocycles. The number of hydrogen-bond donors (Lipinski definition) is 1. The second kappa shape index (κ2) is 8.25. The van der Waals surface area contributed by atoms with Crippen LogP contribution in [0.25, 0.3) is 0 Å². The second-order valence-corrected chi connectivity index (χ2v) is 5.95. The molecule has 0 aliphatic heterocycles. The maximum atomic E-state index is 4.57. The molecule has 0 spiro atoms. The molecule has 0 aromatic carbocycles. The van der Waals surface area contributed by atoms with Crippen molar-refractivity contribution in [2.45, 2.75) is 39.2 Å². The predicted molar refractivity (Wildman–Crippen MR) is 90.3 cm³/mol. The minimum atomic E-state index is 0.181. The van der Waals surface area contributed by atoms with Crippen LogP contribution >= 0.6 is 15.9 Å². The monoisotopic (exact) mass is 347 g/mol. The number of nitrogens with zero attached hydrogens (tertiary/aromatic N) is 2. The SMILES string of the molecule is CCCNC(Cc1ccc(CC)cn1)c1ncccc1Br. The van der Waals surface area contributed by atoms with Gasteiger partial charge >= 0.3 is 0 Å². The Kier molecular flexibility index (Phi) is 6.33. The standard InChI is InChI=1S/C17H22BrN3/c1-3-9-19-16(17-15(18)6-5-10-20-17)11-14-8-7-13(4-2)12-21-14/h5-8,10,12,16,19H,3-4,9,11H2,1-2H3. The number of aromatic nitrogens is 2. The minimum absolute atomic E-state index is 0.181. The fraction of sp³-hybridized carbons (Fsp3) is 0.412. The largest absolute Gasteiger partial charge is 0.308 e. The van der Waals surface area contributed by atoms with Crippen molar-refractivity contribution in [1.29, 1.82) is 0 Å². The Balaban J connectivity index is 2.17. The van der Waals surface area contributed by atoms with Crippen LogP contribution in [0, 0.1) is 0 Å². The molecule has 0 aliphatic rings. The van der Waals surface area contributed by atoms with E-state index in [0.717, 1.165) is 41.7 Å². The molecular formula is C17H22BrN3. The van der Waals surface area contributed by atoms with Crippen molar-refractivity contribution in [1.82, 2.24) is 15.3 Å². The zero-order valence-electron chi connectivity index (χ0n) is 12.6. The van der Waals surface area contributed by atoms with Crippen molar-refractivity contribution in [3.05, 3.63) is 58.1 Å². The van der Waals surface area contributed by atoms with Crippen molar-refractivity contribution < 1.29 is 0 Å². The quantitative estimate of drug-likeness (QED) is 0.819. The average Bonchev–Trinajstić information content (AvgIpc) is 2.53. The average molecular weight is 348 g/mol. The van der Waals surface area contributed by atoms with E-state index in [9.17, 15) is 0 Å². The van der Waals surface area contributed by atoms with E-state index in [1.54, 1.807) is 0 Å². The highest BCUT2D eigenvalue weighted by Gasteiger charge is 2.16. The van der Waals surface area contributed by atoms with E-state index in [-0.39, 0.29) is 6.04 Å². The Labute approximate surface area is 135 Å². The molecule has 3 nitrogen and oxygen atoms in total. The molecule has 2 aromatic rings. The first-order chi connectivity index (χ1) is 10.2. The maximum Gasteiger partial charge on any atom is 0.0718 e. The predicted octanol–water partition coefficient (Wildman–Crippen LogP) is 4.08. The Morgan fingerprint density at radius 3 is 2.67 bits per heavy atom. The van der Waals surface area contributed by atoms with Gasteiger partial charge in [-0.05, 0) is 59.1 Å². The molecule has 2 heterocycles. The zero-order chi connectivity index (χ0) is 15.1. The first kappa shape index (κ1) is 16.1. The molecule has 0 saturated carbocycles. The van der Waals surface area contributed by atoms with Gasteiger partial charge in [-0.25, -0.2) is 0 Å². The number of rotatable bonds is 7. The maximum absolute atomic E-state index is 4.57. The third-order valence-electron chi connectivity index (χ3n) is 3.47. The van der Waals surface area contributed by atoms with Gasteiger partial charge in [0.1, 0.15) is 0 Å². The van der Waals surface area contributed by atoms with Crippen LogP contribution in [-0.2, 0) is 12.8 Å². The van der Waals surface area contributed by atoms with Crippen LogP contribution < -0.4 is 5.32 Å². The summed E-state index contributed by atoms with van der Waals surface area (Å²) in [5.74, 6) is 0. The lowest BCUT2D eigenvalue weighted by atomic mass is 10.1. The molecular weight excluding hydrogens is 326 g/mol. The summed E-state index contributed by atoms with van der Waals surface area (Å²) in [6.45, 7) is 5.29. The molecule has 1 unspecified atom stereocenters. The third-order valence-corrected chi connectivity index (χ3v) is 4.14. The Morgan fingerprint density at radius 2 is 2.05 bits per heavy atom. The molecule has 0 fully saturated rings. The minimum Gasteiger partial charge on any atom is -0.308 e. The lowest BCUT2D eigenvalue weighted by Gasteiger charge is -2.19. The van der Waals surface area contributed by atoms with Crippen LogP contribution in [0.2, 0.25) is 0 Å². The van der Waals surface area contributed by atoms with Gasteiger partial charge in [0.15, 0.2) is 0 Å². The lowest BCUT2D eigenvalue weighted by molar-refractivity contribution is 0.511. The molecule has 2 rings (SSSR count). The Bertz CT molecular complexity index is 554. The molecule has 0 saturated heterocycles. The molecule has 1 atom stereocenters. The highest BCUT2D eigenvalue weighted by Crippen LogP contribution is 2.23. The number of nitrogens with one attached hydrogen (secondary N) is 1. The zero-order valence-corrected chi connectivity index (χ0v) is 14.2. The highest BCUT2D eigenvalue weighted by molar-refractivity contribution is 9.10. The second-order valence-electron chi connectivity index (χ2n) is 5.09. The molecule has 4 heteroatoms. The van der Waals surface area contributed by atoms with Crippen LogP contribution in [0.4, 0.5) is 0 Å². The molecule has 0 amide bonds. The summed E-state index contributed by atoms with van der Waals surface area (Å²) in [6, 6.07) is 8.44. The van der Waals surface area contributed by atoms with Gasteiger partial charge < -0.3 is 5.32 Å². The van der Waals surface area contributed by atoms with Crippen LogP contribution in [0.3, 0.4) is 0 Å². The van der Waals surface area contributed by atoms with Gasteiger partial charge in [-0.3, -0.25) is 9.97 Å². The van der Waals surface area contributed by atoms with Gasteiger partial charge in [-0.1, -0.05) is 19.9 Å². The summed E-state index contributed by atoms with van der Waals surface area (Å²) in [4.78, 5) is 9.09. The van der Waals surface area contributed by atoms with Crippen LogP contribution in [-0.4, -0.2) is 16.5 Å². The molecule has 1 N–H and O–H groups in total. The fourth-order valence-corrected chi connectivity index (χ4v) is 2.76. The van der Waals surface area contributed by atoms with E-state index >= 15 is 0 Å². The number of hydrogen-bond acceptors (Lipinski definition) is 3. The molecule has 21 heavy (non-hydrogen) atoms. The molecule has 0 bridgehead atoms. The van der Waals surface area contributed by atoms with Crippen molar-refractivity contribution in [3.8, 4) is 0 Å². The molecule has 2 aromatic heterocycles. The third kappa shape index (κ3) is 4.61. The van der Waals surface area contributed by atoms with E-state index in [1.165, 1.54) is 5.56 Å². The van der Waals surface area contributed by atoms with E-state index in [0.29, 0.717) is 0 Å². The molecule has 0 radical (unpaired) electrons. The Morgan fingerprint density at radius 1 is 1.19 bits per heavy atom. The molecule has 112 valence electrons. The van der Waals surface area contributed by atoms with Gasteiger partial charge in [-0.2, -0.15) is 0 Å². The number of aryl methyl sites for hydroxylation is 1. The van der Waals surface area contributed by atoms with E-state index in [2.05, 4.69) is 57.2 Å². The number of halogens is 1. The fourth-order valence-electron chi connectivity index (χ4n) is 2.23. The topological polar surface area (TPSA) is 37.8 Å². The first-order valence-electron chi connectivity index (χ1n) is 7.52. The smallest absolute Gasteiger partial charge is 0.0718 e. The summed E-state index contributed by atoms with van der Waals surface area (Å²) in [5.41, 5.74) is 3.42. The van der Waals surface area contributed by atoms with Gasteiger partial charge in [0, 0.05) is 29.0 Å². The van der Waals surface area contributed by atoms with Crippen molar-refractivity contribution in [2.75, 3.05) is 6.54 Å². The van der Waals surface area contributed by atoms with Crippen molar-refractivity contribution in [3.63, 3.8) is 0 Å². The van der Waals surface area contributed by atoms with E-state index in [1.807, 2.05) is 24.5 Å². The Hall–Kier alpha value is -1.26. The van der Waals surface area contributed by atoms with Gasteiger partial charge in [-0.15, -0.1) is 0 Å². The first-order valence-corrected chi connectivity index (χ1v) is 8.31. The van der Waals surface area contributed by atoms with Crippen LogP contribution in [0.15, 0.2) is 41.1 Å². The summed E-state index contributed by atoms with van der Waals surface area (Å²) >= 11 is 3.60. The summed E-state index contributed by atoms with van der Waals surface area (Å²) in [6.07, 6.45) is 6.79. The van der Waals surface area contributed by atoms with E-state index < -0.39 is 0 Å². The van der Waals surface area contributed by atoms with Crippen LogP contribution in [0.5, 0.6) is 0 Å². The summed E-state index contributed by atoms with van der Waals surface area (Å²) < 4.78 is 1.05. The van der Waals surface area contributed by atoms with Gasteiger partial charge in [0.2, 0.25) is 0 Å². The van der Waals surface area contributed by atoms with Gasteiger partial charge in [0.25, 0.3) is 0 Å². The summed E-state index contributed by atoms with van der Waals surface area (Å²) in [7, 11) is 0. The van der Waals surface area contributed by atoms with Gasteiger partial charge in [0.05, 0.1) is 11.7 Å².